The minimum absolute atomic E-state index is 0.00269. The molecule has 4 unspecified atom stereocenters. The van der Waals surface area contributed by atoms with Crippen LogP contribution in [0.5, 0.6) is 0 Å². The normalized spacial score (nSPS) is 14.3. The molecule has 176 valence electrons. The average Bonchev–Trinajstić information content (AvgIpc) is 2.75. The van der Waals surface area contributed by atoms with Gasteiger partial charge in [-0.05, 0) is 11.5 Å². The molecule has 0 aliphatic carbocycles. The molecule has 0 aromatic heterocycles. The van der Waals surface area contributed by atoms with Crippen molar-refractivity contribution in [2.75, 3.05) is 6.54 Å². The predicted molar refractivity (Wildman–Crippen MR) is 116 cm³/mol. The molecule has 11 nitrogen and oxygen atoms in total. The van der Waals surface area contributed by atoms with E-state index in [2.05, 4.69) is 16.0 Å². The molecule has 0 spiro atoms. The van der Waals surface area contributed by atoms with Crippen molar-refractivity contribution in [1.82, 2.24) is 16.0 Å². The van der Waals surface area contributed by atoms with Crippen molar-refractivity contribution in [3.05, 3.63) is 35.9 Å². The van der Waals surface area contributed by atoms with Crippen molar-refractivity contribution in [3.63, 3.8) is 0 Å². The Balaban J connectivity index is 2.75. The Morgan fingerprint density at radius 2 is 1.62 bits per heavy atom. The van der Waals surface area contributed by atoms with Crippen LogP contribution in [0.2, 0.25) is 0 Å². The zero-order valence-electron chi connectivity index (χ0n) is 18.2. The number of nitrogens with one attached hydrogen (secondary N) is 3. The Morgan fingerprint density at radius 1 is 1.00 bits per heavy atom. The van der Waals surface area contributed by atoms with Gasteiger partial charge in [-0.25, -0.2) is 4.79 Å². The summed E-state index contributed by atoms with van der Waals surface area (Å²) in [5.41, 5.74) is 11.6. The van der Waals surface area contributed by atoms with Crippen molar-refractivity contribution in [2.45, 2.75) is 51.2 Å². The maximum atomic E-state index is 12.6. The molecule has 4 atom stereocenters. The quantitative estimate of drug-likeness (QED) is 0.214. The molecule has 1 aromatic rings. The van der Waals surface area contributed by atoms with E-state index in [-0.39, 0.29) is 12.3 Å². The summed E-state index contributed by atoms with van der Waals surface area (Å²) >= 11 is 0. The summed E-state index contributed by atoms with van der Waals surface area (Å²) in [7, 11) is 0. The molecule has 32 heavy (non-hydrogen) atoms. The first-order valence-electron chi connectivity index (χ1n) is 10.2. The lowest BCUT2D eigenvalue weighted by Gasteiger charge is -2.21. The van der Waals surface area contributed by atoms with Crippen LogP contribution in [0.4, 0.5) is 0 Å². The van der Waals surface area contributed by atoms with E-state index in [0.717, 1.165) is 0 Å². The Kier molecular flexibility index (Phi) is 10.8. The number of nitrogens with two attached hydrogens (primary N) is 2. The Bertz CT molecular complexity index is 816. The zero-order chi connectivity index (χ0) is 24.3. The number of rotatable bonds is 13. The van der Waals surface area contributed by atoms with Gasteiger partial charge in [-0.3, -0.25) is 19.2 Å². The maximum Gasteiger partial charge on any atom is 0.326 e. The topological polar surface area (TPSA) is 194 Å². The van der Waals surface area contributed by atoms with Gasteiger partial charge in [0.05, 0.1) is 19.0 Å². The van der Waals surface area contributed by atoms with Crippen LogP contribution < -0.4 is 27.4 Å². The smallest absolute Gasteiger partial charge is 0.326 e. The molecule has 11 heteroatoms. The van der Waals surface area contributed by atoms with Gasteiger partial charge < -0.3 is 32.5 Å². The standard InChI is InChI=1S/C21H31N5O6/c1-3-12(2)18(23)20(30)24-11-17(28)25-14(10-16(22)27)19(29)26-15(21(31)32)9-13-7-5-4-6-8-13/h4-8,12,14-15,18H,3,9-11,23H2,1-2H3,(H2,22,27)(H,24,30)(H,25,28)(H,26,29)(H,31,32). The summed E-state index contributed by atoms with van der Waals surface area (Å²) < 4.78 is 0. The van der Waals surface area contributed by atoms with E-state index >= 15 is 0 Å². The summed E-state index contributed by atoms with van der Waals surface area (Å²) in [6.07, 6.45) is 0.133. The first-order chi connectivity index (χ1) is 15.0. The second-order valence-electron chi connectivity index (χ2n) is 7.51. The van der Waals surface area contributed by atoms with Gasteiger partial charge in [0.25, 0.3) is 0 Å². The van der Waals surface area contributed by atoms with E-state index in [0.29, 0.717) is 12.0 Å². The molecule has 0 saturated heterocycles. The molecule has 1 rings (SSSR count). The molecule has 0 aliphatic rings. The molecular formula is C21H31N5O6. The van der Waals surface area contributed by atoms with Crippen molar-refractivity contribution >= 4 is 29.6 Å². The van der Waals surface area contributed by atoms with Crippen LogP contribution in [0.15, 0.2) is 30.3 Å². The summed E-state index contributed by atoms with van der Waals surface area (Å²) in [5, 5.41) is 16.4. The molecule has 4 amide bonds. The third kappa shape index (κ3) is 9.13. The summed E-state index contributed by atoms with van der Waals surface area (Å²) in [5.74, 6) is -4.42. The van der Waals surface area contributed by atoms with E-state index in [9.17, 15) is 29.1 Å². The minimum Gasteiger partial charge on any atom is -0.480 e. The van der Waals surface area contributed by atoms with Crippen LogP contribution in [0.1, 0.15) is 32.3 Å². The number of primary amides is 1. The number of carbonyl (C=O) groups excluding carboxylic acids is 4. The van der Waals surface area contributed by atoms with E-state index in [4.69, 9.17) is 11.5 Å². The molecule has 0 bridgehead atoms. The van der Waals surface area contributed by atoms with Crippen LogP contribution >= 0.6 is 0 Å². The van der Waals surface area contributed by atoms with E-state index in [1.54, 1.807) is 37.3 Å². The Hall–Kier alpha value is -3.47. The van der Waals surface area contributed by atoms with Gasteiger partial charge in [-0.2, -0.15) is 0 Å². The highest BCUT2D eigenvalue weighted by atomic mass is 16.4. The third-order valence-electron chi connectivity index (χ3n) is 4.94. The number of carboxylic acids is 1. The molecule has 0 fully saturated rings. The number of carbonyl (C=O) groups is 5. The summed E-state index contributed by atoms with van der Waals surface area (Å²) in [6, 6.07) is 5.15. The first-order valence-corrected chi connectivity index (χ1v) is 10.2. The van der Waals surface area contributed by atoms with Gasteiger partial charge in [-0.1, -0.05) is 50.6 Å². The van der Waals surface area contributed by atoms with Gasteiger partial charge in [0.15, 0.2) is 0 Å². The number of hydrogen-bond donors (Lipinski definition) is 6. The number of benzene rings is 1. The van der Waals surface area contributed by atoms with Crippen LogP contribution in [0.3, 0.4) is 0 Å². The van der Waals surface area contributed by atoms with Gasteiger partial charge in [0.2, 0.25) is 23.6 Å². The average molecular weight is 450 g/mol. The number of hydrogen-bond acceptors (Lipinski definition) is 6. The fourth-order valence-electron chi connectivity index (χ4n) is 2.78. The van der Waals surface area contributed by atoms with Crippen molar-refractivity contribution < 1.29 is 29.1 Å². The second-order valence-corrected chi connectivity index (χ2v) is 7.51. The lowest BCUT2D eigenvalue weighted by atomic mass is 9.99. The number of amides is 4. The highest BCUT2D eigenvalue weighted by Crippen LogP contribution is 2.06. The first kappa shape index (κ1) is 26.6. The van der Waals surface area contributed by atoms with Crippen LogP contribution in [-0.4, -0.2) is 59.4 Å². The van der Waals surface area contributed by atoms with Crippen molar-refractivity contribution in [3.8, 4) is 0 Å². The molecule has 1 aromatic carbocycles. The van der Waals surface area contributed by atoms with E-state index in [1.807, 2.05) is 6.92 Å². The molecule has 0 aliphatic heterocycles. The summed E-state index contributed by atoms with van der Waals surface area (Å²) in [4.78, 5) is 59.7. The minimum atomic E-state index is -1.40. The van der Waals surface area contributed by atoms with Gasteiger partial charge >= 0.3 is 5.97 Å². The molecular weight excluding hydrogens is 418 g/mol. The molecule has 8 N–H and O–H groups in total. The van der Waals surface area contributed by atoms with Gasteiger partial charge in [-0.15, -0.1) is 0 Å². The Morgan fingerprint density at radius 3 is 2.16 bits per heavy atom. The van der Waals surface area contributed by atoms with Crippen molar-refractivity contribution in [2.24, 2.45) is 17.4 Å². The zero-order valence-corrected chi connectivity index (χ0v) is 18.2. The molecule has 0 radical (unpaired) electrons. The van der Waals surface area contributed by atoms with Gasteiger partial charge in [0, 0.05) is 6.42 Å². The second kappa shape index (κ2) is 13.1. The molecule has 0 heterocycles. The van der Waals surface area contributed by atoms with E-state index in [1.165, 1.54) is 0 Å². The lowest BCUT2D eigenvalue weighted by molar-refractivity contribution is -0.142. The van der Waals surface area contributed by atoms with Crippen LogP contribution in [0.25, 0.3) is 0 Å². The third-order valence-corrected chi connectivity index (χ3v) is 4.94. The van der Waals surface area contributed by atoms with Crippen LogP contribution in [-0.2, 0) is 30.4 Å². The summed E-state index contributed by atoms with van der Waals surface area (Å²) in [6.45, 7) is 3.20. The van der Waals surface area contributed by atoms with Crippen molar-refractivity contribution in [1.29, 1.82) is 0 Å². The highest BCUT2D eigenvalue weighted by Gasteiger charge is 2.28. The largest absolute Gasteiger partial charge is 0.480 e. The predicted octanol–water partition coefficient (Wildman–Crippen LogP) is -1.35. The van der Waals surface area contributed by atoms with Crippen LogP contribution in [0, 0.1) is 5.92 Å². The SMILES string of the molecule is CCC(C)C(N)C(=O)NCC(=O)NC(CC(N)=O)C(=O)NC(Cc1ccccc1)C(=O)O. The monoisotopic (exact) mass is 449 g/mol. The number of carboxylic acid groups (broad SMARTS) is 1. The van der Waals surface area contributed by atoms with E-state index < -0.39 is 60.7 Å². The fraction of sp³-hybridized carbons (Fsp3) is 0.476. The lowest BCUT2D eigenvalue weighted by Crippen LogP contribution is -2.55. The number of aliphatic carboxylic acids is 1. The maximum absolute atomic E-state index is 12.6. The Labute approximate surface area is 186 Å². The molecule has 0 saturated carbocycles. The fourth-order valence-corrected chi connectivity index (χ4v) is 2.78. The highest BCUT2D eigenvalue weighted by molar-refractivity contribution is 5.95. The van der Waals surface area contributed by atoms with Gasteiger partial charge in [0.1, 0.15) is 12.1 Å².